The lowest BCUT2D eigenvalue weighted by Crippen LogP contribution is -2.31. The summed E-state index contributed by atoms with van der Waals surface area (Å²) in [6.07, 6.45) is 6.93. The van der Waals surface area contributed by atoms with Gasteiger partial charge in [-0.05, 0) is 24.3 Å². The topological polar surface area (TPSA) is 97.9 Å². The van der Waals surface area contributed by atoms with Gasteiger partial charge in [-0.3, -0.25) is 4.98 Å². The summed E-state index contributed by atoms with van der Waals surface area (Å²) >= 11 is 0. The number of hydrogen-bond acceptors (Lipinski definition) is 5. The highest BCUT2D eigenvalue weighted by molar-refractivity contribution is 5.91. The number of hydrogen-bond donors (Lipinski definition) is 2. The number of pyridine rings is 1. The Morgan fingerprint density at radius 2 is 2.15 bits per heavy atom. The van der Waals surface area contributed by atoms with Crippen molar-refractivity contribution in [2.75, 3.05) is 11.9 Å². The first-order valence-electron chi connectivity index (χ1n) is 8.10. The second kappa shape index (κ2) is 7.06. The molecule has 0 bridgehead atoms. The van der Waals surface area contributed by atoms with E-state index in [-0.39, 0.29) is 6.03 Å². The third kappa shape index (κ3) is 3.54. The van der Waals surface area contributed by atoms with Crippen molar-refractivity contribution >= 4 is 22.8 Å². The van der Waals surface area contributed by atoms with Crippen LogP contribution in [-0.2, 0) is 6.54 Å². The quantitative estimate of drug-likeness (QED) is 0.578. The van der Waals surface area contributed by atoms with Crippen molar-refractivity contribution in [3.05, 3.63) is 61.3 Å². The maximum atomic E-state index is 12.0. The predicted molar refractivity (Wildman–Crippen MR) is 96.5 cm³/mol. The third-order valence-electron chi connectivity index (χ3n) is 3.75. The van der Waals surface area contributed by atoms with Crippen molar-refractivity contribution in [2.24, 2.45) is 0 Å². The number of rotatable bonds is 5. The Bertz CT molecular complexity index is 1010. The Labute approximate surface area is 148 Å². The Morgan fingerprint density at radius 3 is 2.96 bits per heavy atom. The van der Waals surface area contributed by atoms with Crippen molar-refractivity contribution in [1.29, 1.82) is 0 Å². The number of carbonyl (C=O) groups is 1. The van der Waals surface area contributed by atoms with Crippen LogP contribution in [0.25, 0.3) is 22.7 Å². The zero-order valence-electron chi connectivity index (χ0n) is 13.8. The van der Waals surface area contributed by atoms with Crippen LogP contribution < -0.4 is 10.6 Å². The van der Waals surface area contributed by atoms with E-state index in [0.717, 1.165) is 0 Å². The van der Waals surface area contributed by atoms with Crippen LogP contribution in [0.1, 0.15) is 0 Å². The van der Waals surface area contributed by atoms with E-state index < -0.39 is 0 Å². The summed E-state index contributed by atoms with van der Waals surface area (Å²) in [7, 11) is 0. The molecule has 130 valence electrons. The summed E-state index contributed by atoms with van der Waals surface area (Å²) in [5.74, 6) is 0.447. The molecule has 4 aromatic rings. The Balaban J connectivity index is 1.41. The van der Waals surface area contributed by atoms with E-state index in [2.05, 4.69) is 25.6 Å². The summed E-state index contributed by atoms with van der Waals surface area (Å²) in [6, 6.07) is 10.6. The molecule has 0 saturated heterocycles. The first-order chi connectivity index (χ1) is 12.8. The molecule has 0 atom stereocenters. The lowest BCUT2D eigenvalue weighted by Gasteiger charge is -2.07. The normalized spacial score (nSPS) is 10.8. The molecule has 0 aliphatic rings. The van der Waals surface area contributed by atoms with Crippen LogP contribution in [-0.4, -0.2) is 32.1 Å². The number of nitrogens with zero attached hydrogens (tertiary/aromatic N) is 4. The number of fused-ring (bicyclic) bond motifs is 1. The standard InChI is InChI=1S/C18H16N6O2/c25-18(21-8-10-24-9-7-19-12-24)22-13-4-5-14-16(11-13)26-17(23-14)15-3-1-2-6-20-15/h1-7,9,11-12H,8,10H2,(H2,21,22,25). The van der Waals surface area contributed by atoms with E-state index in [1.54, 1.807) is 36.9 Å². The number of oxazole rings is 1. The van der Waals surface area contributed by atoms with Gasteiger partial charge in [0.05, 0.1) is 6.33 Å². The second-order valence-corrected chi connectivity index (χ2v) is 5.60. The minimum Gasteiger partial charge on any atom is -0.435 e. The van der Waals surface area contributed by atoms with Crippen LogP contribution in [0, 0.1) is 0 Å². The van der Waals surface area contributed by atoms with Crippen LogP contribution in [0.4, 0.5) is 10.5 Å². The molecule has 4 rings (SSSR count). The first kappa shape index (κ1) is 15.8. The highest BCUT2D eigenvalue weighted by atomic mass is 16.3. The van der Waals surface area contributed by atoms with Gasteiger partial charge in [-0.15, -0.1) is 0 Å². The molecule has 2 N–H and O–H groups in total. The van der Waals surface area contributed by atoms with E-state index in [0.29, 0.717) is 41.5 Å². The Kier molecular flexibility index (Phi) is 4.29. The number of imidazole rings is 1. The van der Waals surface area contributed by atoms with Gasteiger partial charge in [0.25, 0.3) is 0 Å². The molecule has 0 aliphatic heterocycles. The molecule has 8 nitrogen and oxygen atoms in total. The first-order valence-corrected chi connectivity index (χ1v) is 8.10. The molecular weight excluding hydrogens is 332 g/mol. The fraction of sp³-hybridized carbons (Fsp3) is 0.111. The van der Waals surface area contributed by atoms with Crippen molar-refractivity contribution in [3.63, 3.8) is 0 Å². The molecule has 26 heavy (non-hydrogen) atoms. The van der Waals surface area contributed by atoms with Crippen molar-refractivity contribution in [2.45, 2.75) is 6.54 Å². The molecule has 0 fully saturated rings. The molecule has 2 amide bonds. The lowest BCUT2D eigenvalue weighted by molar-refractivity contribution is 0.251. The minimum atomic E-state index is -0.283. The number of carbonyl (C=O) groups excluding carboxylic acids is 1. The number of aromatic nitrogens is 4. The smallest absolute Gasteiger partial charge is 0.319 e. The molecule has 0 aliphatic carbocycles. The van der Waals surface area contributed by atoms with Crippen LogP contribution in [0.5, 0.6) is 0 Å². The van der Waals surface area contributed by atoms with Crippen LogP contribution in [0.3, 0.4) is 0 Å². The van der Waals surface area contributed by atoms with E-state index in [1.807, 2.05) is 29.0 Å². The van der Waals surface area contributed by atoms with Crippen LogP contribution in [0.2, 0.25) is 0 Å². The highest BCUT2D eigenvalue weighted by Gasteiger charge is 2.10. The van der Waals surface area contributed by atoms with Gasteiger partial charge >= 0.3 is 6.03 Å². The molecule has 0 spiro atoms. The lowest BCUT2D eigenvalue weighted by atomic mass is 10.3. The van der Waals surface area contributed by atoms with Gasteiger partial charge in [-0.1, -0.05) is 6.07 Å². The van der Waals surface area contributed by atoms with Gasteiger partial charge in [0.1, 0.15) is 11.2 Å². The summed E-state index contributed by atoms with van der Waals surface area (Å²) in [6.45, 7) is 1.15. The second-order valence-electron chi connectivity index (χ2n) is 5.60. The fourth-order valence-corrected chi connectivity index (χ4v) is 2.49. The van der Waals surface area contributed by atoms with Gasteiger partial charge in [0.15, 0.2) is 5.58 Å². The minimum absolute atomic E-state index is 0.283. The van der Waals surface area contributed by atoms with Gasteiger partial charge in [-0.25, -0.2) is 14.8 Å². The maximum absolute atomic E-state index is 12.0. The van der Waals surface area contributed by atoms with E-state index in [4.69, 9.17) is 4.42 Å². The molecule has 8 heteroatoms. The number of anilines is 1. The van der Waals surface area contributed by atoms with Gasteiger partial charge < -0.3 is 19.6 Å². The molecule has 3 aromatic heterocycles. The van der Waals surface area contributed by atoms with Crippen LogP contribution in [0.15, 0.2) is 65.7 Å². The largest absolute Gasteiger partial charge is 0.435 e. The summed E-state index contributed by atoms with van der Waals surface area (Å²) in [5.41, 5.74) is 2.58. The number of amides is 2. The van der Waals surface area contributed by atoms with E-state index in [9.17, 15) is 4.79 Å². The van der Waals surface area contributed by atoms with Crippen molar-refractivity contribution in [3.8, 4) is 11.6 Å². The average molecular weight is 348 g/mol. The molecular formula is C18H16N6O2. The van der Waals surface area contributed by atoms with Crippen LogP contribution >= 0.6 is 0 Å². The van der Waals surface area contributed by atoms with E-state index >= 15 is 0 Å². The number of benzene rings is 1. The third-order valence-corrected chi connectivity index (χ3v) is 3.75. The number of urea groups is 1. The van der Waals surface area contributed by atoms with Crippen molar-refractivity contribution in [1.82, 2.24) is 24.8 Å². The SMILES string of the molecule is O=C(NCCn1ccnc1)Nc1ccc2nc(-c3ccccn3)oc2c1. The van der Waals surface area contributed by atoms with E-state index in [1.165, 1.54) is 0 Å². The van der Waals surface area contributed by atoms with Gasteiger partial charge in [0.2, 0.25) is 5.89 Å². The fourth-order valence-electron chi connectivity index (χ4n) is 2.49. The zero-order chi connectivity index (χ0) is 17.8. The molecule has 0 radical (unpaired) electrons. The summed E-state index contributed by atoms with van der Waals surface area (Å²) in [4.78, 5) is 24.6. The predicted octanol–water partition coefficient (Wildman–Crippen LogP) is 2.91. The molecule has 1 aromatic carbocycles. The molecule has 3 heterocycles. The average Bonchev–Trinajstić information content (AvgIpc) is 3.31. The molecule has 0 unspecified atom stereocenters. The summed E-state index contributed by atoms with van der Waals surface area (Å²) in [5, 5.41) is 5.58. The maximum Gasteiger partial charge on any atom is 0.319 e. The highest BCUT2D eigenvalue weighted by Crippen LogP contribution is 2.25. The van der Waals surface area contributed by atoms with Gasteiger partial charge in [-0.2, -0.15) is 0 Å². The number of nitrogens with one attached hydrogen (secondary N) is 2. The summed E-state index contributed by atoms with van der Waals surface area (Å²) < 4.78 is 7.64. The van der Waals surface area contributed by atoms with Crippen molar-refractivity contribution < 1.29 is 9.21 Å². The monoisotopic (exact) mass is 348 g/mol. The Morgan fingerprint density at radius 1 is 1.19 bits per heavy atom. The van der Waals surface area contributed by atoms with Gasteiger partial charge in [0, 0.05) is 43.4 Å². The zero-order valence-corrected chi connectivity index (χ0v) is 13.8. The Hall–Kier alpha value is -3.68. The molecule has 0 saturated carbocycles.